The predicted molar refractivity (Wildman–Crippen MR) is 180 cm³/mol. The van der Waals surface area contributed by atoms with E-state index >= 15 is 0 Å². The zero-order chi connectivity index (χ0) is 35.1. The highest BCUT2D eigenvalue weighted by atomic mass is 16.6. The van der Waals surface area contributed by atoms with Gasteiger partial charge in [0, 0.05) is 50.6 Å². The first-order valence-corrected chi connectivity index (χ1v) is 16.7. The third-order valence-corrected chi connectivity index (χ3v) is 8.99. The Kier molecular flexibility index (Phi) is 11.3. The molecule has 13 heteroatoms. The summed E-state index contributed by atoms with van der Waals surface area (Å²) in [7, 11) is 0. The van der Waals surface area contributed by atoms with Crippen molar-refractivity contribution in [3.05, 3.63) is 70.9 Å². The summed E-state index contributed by atoms with van der Waals surface area (Å²) >= 11 is 0. The average Bonchev–Trinajstić information content (AvgIpc) is 3.58. The maximum Gasteiger partial charge on any atom is 0.409 e. The standard InChI is InChI=1S/C36H43N5O8/c1-4-48-36(47)40-18-16-39(17-19-40)35(46)28(13-14-33(43)44)38-34(45)29-21-31(26-8-5-6-9-27(26)37-29)49-22-32(42)41-15-7-10-30(41)25-12-11-23(2)20-24(25)3/h5-6,8-9,11-12,20-21,28,30H,4,7,10,13-19,22H2,1-3H3,(H,38,45)(H,43,44). The minimum absolute atomic E-state index is 0.0411. The van der Waals surface area contributed by atoms with Gasteiger partial charge in [0.2, 0.25) is 5.91 Å². The molecule has 3 heterocycles. The third-order valence-electron chi connectivity index (χ3n) is 8.99. The number of hydrogen-bond acceptors (Lipinski definition) is 8. The van der Waals surface area contributed by atoms with Crippen LogP contribution in [0.15, 0.2) is 48.5 Å². The van der Waals surface area contributed by atoms with E-state index in [9.17, 15) is 29.1 Å². The molecular formula is C36H43N5O8. The number of likely N-dealkylation sites (tertiary alicyclic amines) is 1. The van der Waals surface area contributed by atoms with Crippen molar-refractivity contribution in [3.8, 4) is 5.75 Å². The number of rotatable bonds is 11. The van der Waals surface area contributed by atoms with Crippen LogP contribution >= 0.6 is 0 Å². The summed E-state index contributed by atoms with van der Waals surface area (Å²) in [5.74, 6) is -2.14. The molecule has 0 bridgehead atoms. The second-order valence-electron chi connectivity index (χ2n) is 12.4. The first-order chi connectivity index (χ1) is 23.5. The molecule has 13 nitrogen and oxygen atoms in total. The van der Waals surface area contributed by atoms with Crippen molar-refractivity contribution in [1.29, 1.82) is 0 Å². The van der Waals surface area contributed by atoms with Gasteiger partial charge in [0.1, 0.15) is 17.5 Å². The zero-order valence-electron chi connectivity index (χ0n) is 28.1. The Morgan fingerprint density at radius 1 is 0.980 bits per heavy atom. The van der Waals surface area contributed by atoms with E-state index in [1.807, 2.05) is 11.8 Å². The van der Waals surface area contributed by atoms with E-state index in [1.54, 1.807) is 31.2 Å². The van der Waals surface area contributed by atoms with Crippen molar-refractivity contribution in [3.63, 3.8) is 0 Å². The lowest BCUT2D eigenvalue weighted by molar-refractivity contribution is -0.138. The fraction of sp³-hybridized carbons (Fsp3) is 0.444. The van der Waals surface area contributed by atoms with Crippen molar-refractivity contribution in [2.24, 2.45) is 0 Å². The predicted octanol–water partition coefficient (Wildman–Crippen LogP) is 3.86. The number of carbonyl (C=O) groups is 5. The number of piperazine rings is 1. The van der Waals surface area contributed by atoms with Crippen LogP contribution in [-0.4, -0.2) is 107 Å². The Labute approximate surface area is 285 Å². The molecule has 2 atom stereocenters. The first-order valence-electron chi connectivity index (χ1n) is 16.7. The summed E-state index contributed by atoms with van der Waals surface area (Å²) in [5.41, 5.74) is 3.83. The lowest BCUT2D eigenvalue weighted by Gasteiger charge is -2.35. The summed E-state index contributed by atoms with van der Waals surface area (Å²) in [4.78, 5) is 73.5. The molecule has 49 heavy (non-hydrogen) atoms. The number of para-hydroxylation sites is 1. The Bertz CT molecular complexity index is 1720. The molecule has 2 aliphatic rings. The van der Waals surface area contributed by atoms with Crippen molar-refractivity contribution >= 4 is 40.7 Å². The molecule has 2 aromatic carbocycles. The monoisotopic (exact) mass is 673 g/mol. The maximum absolute atomic E-state index is 13.6. The number of aryl methyl sites for hydroxylation is 2. The number of aromatic nitrogens is 1. The lowest BCUT2D eigenvalue weighted by atomic mass is 9.97. The van der Waals surface area contributed by atoms with Gasteiger partial charge in [0.05, 0.1) is 18.2 Å². The Morgan fingerprint density at radius 3 is 2.43 bits per heavy atom. The maximum atomic E-state index is 13.6. The van der Waals surface area contributed by atoms with E-state index in [0.717, 1.165) is 29.5 Å². The van der Waals surface area contributed by atoms with Crippen LogP contribution in [0.5, 0.6) is 5.75 Å². The van der Waals surface area contributed by atoms with E-state index in [-0.39, 0.29) is 75.6 Å². The van der Waals surface area contributed by atoms with Crippen LogP contribution in [-0.2, 0) is 19.1 Å². The van der Waals surface area contributed by atoms with Crippen LogP contribution in [0.2, 0.25) is 0 Å². The zero-order valence-corrected chi connectivity index (χ0v) is 28.1. The van der Waals surface area contributed by atoms with Gasteiger partial charge in [0.25, 0.3) is 11.8 Å². The van der Waals surface area contributed by atoms with Crippen LogP contribution in [0.1, 0.15) is 65.8 Å². The molecule has 1 aromatic heterocycles. The summed E-state index contributed by atoms with van der Waals surface area (Å²) in [6.07, 6.45) is 0.798. The van der Waals surface area contributed by atoms with Crippen molar-refractivity contribution in [2.45, 2.75) is 58.5 Å². The molecule has 0 spiro atoms. The minimum Gasteiger partial charge on any atom is -0.483 e. The number of hydrogen-bond donors (Lipinski definition) is 2. The molecule has 2 aliphatic heterocycles. The largest absolute Gasteiger partial charge is 0.483 e. The van der Waals surface area contributed by atoms with Crippen LogP contribution in [0.3, 0.4) is 0 Å². The van der Waals surface area contributed by atoms with Gasteiger partial charge in [0.15, 0.2) is 6.61 Å². The molecule has 5 rings (SSSR count). The second kappa shape index (κ2) is 15.8. The Hall–Kier alpha value is -5.20. The number of aliphatic carboxylic acids is 1. The molecule has 260 valence electrons. The summed E-state index contributed by atoms with van der Waals surface area (Å²) in [6, 6.07) is 13.6. The molecule has 2 unspecified atom stereocenters. The number of fused-ring (bicyclic) bond motifs is 1. The fourth-order valence-electron chi connectivity index (χ4n) is 6.49. The van der Waals surface area contributed by atoms with Gasteiger partial charge in [-0.1, -0.05) is 35.9 Å². The second-order valence-corrected chi connectivity index (χ2v) is 12.4. The third kappa shape index (κ3) is 8.45. The Morgan fingerprint density at radius 2 is 1.71 bits per heavy atom. The summed E-state index contributed by atoms with van der Waals surface area (Å²) < 4.78 is 11.1. The number of amides is 4. The Balaban J connectivity index is 1.30. The number of pyridine rings is 1. The molecule has 4 amide bonds. The number of carboxylic acids is 1. The number of nitrogens with zero attached hydrogens (tertiary/aromatic N) is 4. The quantitative estimate of drug-likeness (QED) is 0.308. The van der Waals surface area contributed by atoms with Crippen LogP contribution in [0.4, 0.5) is 4.79 Å². The average molecular weight is 674 g/mol. The van der Waals surface area contributed by atoms with E-state index in [0.29, 0.717) is 17.4 Å². The minimum atomic E-state index is -1.14. The molecule has 2 fully saturated rings. The van der Waals surface area contributed by atoms with Gasteiger partial charge in [-0.25, -0.2) is 9.78 Å². The SMILES string of the molecule is CCOC(=O)N1CCN(C(=O)C(CCC(=O)O)NC(=O)c2cc(OCC(=O)N3CCCC3c3ccc(C)cc3C)c3ccccc3n2)CC1. The molecular weight excluding hydrogens is 630 g/mol. The lowest BCUT2D eigenvalue weighted by Crippen LogP contribution is -2.56. The van der Waals surface area contributed by atoms with E-state index < -0.39 is 29.9 Å². The van der Waals surface area contributed by atoms with Gasteiger partial charge >= 0.3 is 12.1 Å². The molecule has 3 aromatic rings. The first kappa shape index (κ1) is 35.1. The highest BCUT2D eigenvalue weighted by Crippen LogP contribution is 2.34. The van der Waals surface area contributed by atoms with E-state index in [4.69, 9.17) is 9.47 Å². The number of carbonyl (C=O) groups excluding carboxylic acids is 4. The molecule has 0 saturated carbocycles. The van der Waals surface area contributed by atoms with Crippen LogP contribution in [0.25, 0.3) is 10.9 Å². The topological polar surface area (TPSA) is 159 Å². The molecule has 0 radical (unpaired) electrons. The number of nitrogens with one attached hydrogen (secondary N) is 1. The van der Waals surface area contributed by atoms with Gasteiger partial charge in [-0.05, 0) is 63.3 Å². The van der Waals surface area contributed by atoms with E-state index in [2.05, 4.69) is 35.4 Å². The van der Waals surface area contributed by atoms with Crippen molar-refractivity contribution < 1.29 is 38.6 Å². The van der Waals surface area contributed by atoms with Crippen molar-refractivity contribution in [2.75, 3.05) is 45.9 Å². The van der Waals surface area contributed by atoms with Gasteiger partial charge in [-0.3, -0.25) is 19.2 Å². The number of benzene rings is 2. The molecule has 2 saturated heterocycles. The van der Waals surface area contributed by atoms with Crippen LogP contribution < -0.4 is 10.1 Å². The summed E-state index contributed by atoms with van der Waals surface area (Å²) in [6.45, 7) is 7.34. The highest BCUT2D eigenvalue weighted by molar-refractivity contribution is 5.99. The molecule has 0 aliphatic carbocycles. The normalized spacial score (nSPS) is 16.7. The van der Waals surface area contributed by atoms with Gasteiger partial charge < -0.3 is 34.6 Å². The highest BCUT2D eigenvalue weighted by Gasteiger charge is 2.33. The van der Waals surface area contributed by atoms with Crippen molar-refractivity contribution in [1.82, 2.24) is 25.0 Å². The van der Waals surface area contributed by atoms with E-state index in [1.165, 1.54) is 15.9 Å². The van der Waals surface area contributed by atoms with Gasteiger partial charge in [-0.2, -0.15) is 0 Å². The number of ether oxygens (including phenoxy) is 2. The summed E-state index contributed by atoms with van der Waals surface area (Å²) in [5, 5.41) is 12.6. The molecule has 2 N–H and O–H groups in total. The fourth-order valence-corrected chi connectivity index (χ4v) is 6.49. The van der Waals surface area contributed by atoms with Gasteiger partial charge in [-0.15, -0.1) is 0 Å². The van der Waals surface area contributed by atoms with Crippen LogP contribution in [0, 0.1) is 13.8 Å². The number of carboxylic acid groups (broad SMARTS) is 1. The smallest absolute Gasteiger partial charge is 0.409 e.